The molecule has 0 radical (unpaired) electrons. The first-order valence-corrected chi connectivity index (χ1v) is 6.03. The summed E-state index contributed by atoms with van der Waals surface area (Å²) in [6, 6.07) is 4.28. The lowest BCUT2D eigenvalue weighted by atomic mass is 10.1. The largest absolute Gasteiger partial charge is 0.481 e. The predicted octanol–water partition coefficient (Wildman–Crippen LogP) is 2.07. The molecule has 102 valence electrons. The average molecular weight is 266 g/mol. The average Bonchev–Trinajstić information content (AvgIpc) is 2.84. The zero-order valence-electron chi connectivity index (χ0n) is 10.5. The first-order chi connectivity index (χ1) is 8.99. The lowest BCUT2D eigenvalue weighted by molar-refractivity contribution is -0.141. The molecular weight excluding hydrogens is 251 g/mol. The fraction of sp³-hybridized carbons (Fsp3) is 0.385. The number of halogens is 1. The molecule has 2 N–H and O–H groups in total. The van der Waals surface area contributed by atoms with Crippen LogP contribution in [0.3, 0.4) is 0 Å². The molecule has 1 aromatic carbocycles. The highest BCUT2D eigenvalue weighted by molar-refractivity contribution is 5.90. The molecule has 0 bridgehead atoms. The Morgan fingerprint density at radius 2 is 2.21 bits per heavy atom. The molecule has 19 heavy (non-hydrogen) atoms. The van der Waals surface area contributed by atoms with Crippen molar-refractivity contribution in [3.63, 3.8) is 0 Å². The van der Waals surface area contributed by atoms with Gasteiger partial charge in [-0.15, -0.1) is 0 Å². The Balaban J connectivity index is 2.02. The number of amides is 2. The van der Waals surface area contributed by atoms with Crippen LogP contribution in [0, 0.1) is 18.7 Å². The number of hydrogen-bond donors (Lipinski definition) is 2. The first-order valence-electron chi connectivity index (χ1n) is 6.03. The number of aryl methyl sites for hydroxylation is 1. The van der Waals surface area contributed by atoms with Gasteiger partial charge in [-0.2, -0.15) is 0 Å². The summed E-state index contributed by atoms with van der Waals surface area (Å²) in [7, 11) is 0. The molecule has 2 rings (SSSR count). The van der Waals surface area contributed by atoms with Gasteiger partial charge >= 0.3 is 12.0 Å². The monoisotopic (exact) mass is 266 g/mol. The summed E-state index contributed by atoms with van der Waals surface area (Å²) < 4.78 is 13.7. The van der Waals surface area contributed by atoms with Crippen LogP contribution in [0.2, 0.25) is 0 Å². The van der Waals surface area contributed by atoms with Crippen LogP contribution >= 0.6 is 0 Å². The fourth-order valence-electron chi connectivity index (χ4n) is 2.08. The van der Waals surface area contributed by atoms with Crippen molar-refractivity contribution >= 4 is 17.7 Å². The minimum Gasteiger partial charge on any atom is -0.481 e. The maximum atomic E-state index is 13.7. The summed E-state index contributed by atoms with van der Waals surface area (Å²) in [4.78, 5) is 24.1. The molecule has 1 atom stereocenters. The Morgan fingerprint density at radius 3 is 2.84 bits per heavy atom. The van der Waals surface area contributed by atoms with E-state index in [4.69, 9.17) is 5.11 Å². The van der Waals surface area contributed by atoms with Gasteiger partial charge in [0.1, 0.15) is 5.82 Å². The summed E-state index contributed by atoms with van der Waals surface area (Å²) >= 11 is 0. The van der Waals surface area contributed by atoms with Crippen LogP contribution in [-0.2, 0) is 4.79 Å². The van der Waals surface area contributed by atoms with E-state index < -0.39 is 23.7 Å². The van der Waals surface area contributed by atoms with Crippen molar-refractivity contribution in [1.82, 2.24) is 4.90 Å². The molecule has 0 aromatic heterocycles. The number of nitrogens with one attached hydrogen (secondary N) is 1. The lowest BCUT2D eigenvalue weighted by Gasteiger charge is -2.17. The fourth-order valence-corrected chi connectivity index (χ4v) is 2.08. The van der Waals surface area contributed by atoms with Crippen molar-refractivity contribution in [2.75, 3.05) is 18.4 Å². The number of carbonyl (C=O) groups is 2. The summed E-state index contributed by atoms with van der Waals surface area (Å²) in [6.45, 7) is 2.14. The minimum absolute atomic E-state index is 0.115. The molecule has 1 heterocycles. The molecule has 5 nitrogen and oxygen atoms in total. The number of carbonyl (C=O) groups excluding carboxylic acids is 1. The number of hydrogen-bond acceptors (Lipinski definition) is 2. The molecule has 0 aliphatic carbocycles. The zero-order chi connectivity index (χ0) is 14.0. The number of anilines is 1. The lowest BCUT2D eigenvalue weighted by Crippen LogP contribution is -2.34. The Morgan fingerprint density at radius 1 is 1.47 bits per heavy atom. The summed E-state index contributed by atoms with van der Waals surface area (Å²) in [6.07, 6.45) is 0.430. The number of carboxylic acid groups (broad SMARTS) is 1. The van der Waals surface area contributed by atoms with Gasteiger partial charge in [0.25, 0.3) is 0 Å². The van der Waals surface area contributed by atoms with Gasteiger partial charge in [0.2, 0.25) is 0 Å². The van der Waals surface area contributed by atoms with E-state index in [2.05, 4.69) is 5.32 Å². The topological polar surface area (TPSA) is 69.6 Å². The van der Waals surface area contributed by atoms with E-state index in [0.29, 0.717) is 18.5 Å². The van der Waals surface area contributed by atoms with Gasteiger partial charge in [0, 0.05) is 13.1 Å². The Kier molecular flexibility index (Phi) is 3.69. The van der Waals surface area contributed by atoms with E-state index in [-0.39, 0.29) is 12.2 Å². The van der Waals surface area contributed by atoms with Gasteiger partial charge in [0.05, 0.1) is 11.6 Å². The van der Waals surface area contributed by atoms with E-state index in [1.165, 1.54) is 11.0 Å². The number of carboxylic acids is 1. The van der Waals surface area contributed by atoms with Crippen molar-refractivity contribution in [3.8, 4) is 0 Å². The van der Waals surface area contributed by atoms with Crippen LogP contribution in [0.15, 0.2) is 18.2 Å². The standard InChI is InChI=1S/C13H15FN2O3/c1-8-3-2-4-10(11(8)14)15-13(19)16-6-5-9(7-16)12(17)18/h2-4,9H,5-7H2,1H3,(H,15,19)(H,17,18). The molecule has 1 aliphatic rings. The summed E-state index contributed by atoms with van der Waals surface area (Å²) in [5.41, 5.74) is 0.561. The van der Waals surface area contributed by atoms with Crippen LogP contribution in [0.25, 0.3) is 0 Å². The van der Waals surface area contributed by atoms with Gasteiger partial charge in [0.15, 0.2) is 0 Å². The number of nitrogens with zero attached hydrogens (tertiary/aromatic N) is 1. The normalized spacial score (nSPS) is 18.4. The number of likely N-dealkylation sites (tertiary alicyclic amines) is 1. The zero-order valence-corrected chi connectivity index (χ0v) is 10.5. The van der Waals surface area contributed by atoms with Crippen molar-refractivity contribution in [3.05, 3.63) is 29.6 Å². The van der Waals surface area contributed by atoms with Gasteiger partial charge in [-0.05, 0) is 25.0 Å². The molecule has 1 aliphatic heterocycles. The van der Waals surface area contributed by atoms with Crippen LogP contribution in [0.1, 0.15) is 12.0 Å². The second kappa shape index (κ2) is 5.26. The maximum Gasteiger partial charge on any atom is 0.321 e. The van der Waals surface area contributed by atoms with Crippen molar-refractivity contribution in [1.29, 1.82) is 0 Å². The Bertz CT molecular complexity index is 519. The summed E-state index contributed by atoms with van der Waals surface area (Å²) in [5, 5.41) is 11.3. The Labute approximate surface area is 110 Å². The number of benzene rings is 1. The predicted molar refractivity (Wildman–Crippen MR) is 67.5 cm³/mol. The molecule has 1 aromatic rings. The third-order valence-electron chi connectivity index (χ3n) is 3.26. The van der Waals surface area contributed by atoms with Gasteiger partial charge in [-0.1, -0.05) is 12.1 Å². The third kappa shape index (κ3) is 2.83. The molecule has 0 spiro atoms. The van der Waals surface area contributed by atoms with E-state index in [1.807, 2.05) is 0 Å². The second-order valence-electron chi connectivity index (χ2n) is 4.64. The highest BCUT2D eigenvalue weighted by Gasteiger charge is 2.31. The maximum absolute atomic E-state index is 13.7. The van der Waals surface area contributed by atoms with Gasteiger partial charge in [-0.25, -0.2) is 9.18 Å². The first kappa shape index (κ1) is 13.3. The number of aliphatic carboxylic acids is 1. The van der Waals surface area contributed by atoms with Crippen molar-refractivity contribution in [2.24, 2.45) is 5.92 Å². The van der Waals surface area contributed by atoms with E-state index in [1.54, 1.807) is 19.1 Å². The van der Waals surface area contributed by atoms with E-state index in [0.717, 1.165) is 0 Å². The smallest absolute Gasteiger partial charge is 0.321 e. The molecular formula is C13H15FN2O3. The molecule has 6 heteroatoms. The molecule has 2 amide bonds. The minimum atomic E-state index is -0.906. The molecule has 0 saturated carbocycles. The van der Waals surface area contributed by atoms with Crippen LogP contribution in [0.5, 0.6) is 0 Å². The van der Waals surface area contributed by atoms with E-state index >= 15 is 0 Å². The highest BCUT2D eigenvalue weighted by Crippen LogP contribution is 2.20. The van der Waals surface area contributed by atoms with Gasteiger partial charge in [-0.3, -0.25) is 4.79 Å². The van der Waals surface area contributed by atoms with E-state index in [9.17, 15) is 14.0 Å². The summed E-state index contributed by atoms with van der Waals surface area (Å²) in [5.74, 6) is -1.91. The Hall–Kier alpha value is -2.11. The SMILES string of the molecule is Cc1cccc(NC(=O)N2CCC(C(=O)O)C2)c1F. The molecule has 1 unspecified atom stereocenters. The number of urea groups is 1. The van der Waals surface area contributed by atoms with Gasteiger partial charge < -0.3 is 15.3 Å². The van der Waals surface area contributed by atoms with Crippen molar-refractivity contribution < 1.29 is 19.1 Å². The van der Waals surface area contributed by atoms with Crippen LogP contribution in [0.4, 0.5) is 14.9 Å². The molecule has 1 saturated heterocycles. The van der Waals surface area contributed by atoms with Crippen LogP contribution in [-0.4, -0.2) is 35.1 Å². The van der Waals surface area contributed by atoms with Crippen LogP contribution < -0.4 is 5.32 Å². The van der Waals surface area contributed by atoms with Crippen molar-refractivity contribution in [2.45, 2.75) is 13.3 Å². The third-order valence-corrected chi connectivity index (χ3v) is 3.26. The second-order valence-corrected chi connectivity index (χ2v) is 4.64. The molecule has 1 fully saturated rings. The number of rotatable bonds is 2. The quantitative estimate of drug-likeness (QED) is 0.861. The highest BCUT2D eigenvalue weighted by atomic mass is 19.1.